The Morgan fingerprint density at radius 2 is 1.89 bits per heavy atom. The fraction of sp³-hybridized carbons (Fsp3) is 0.200. The van der Waals surface area contributed by atoms with Crippen LogP contribution in [0.25, 0.3) is 0 Å². The Morgan fingerprint density at radius 3 is 2.63 bits per heavy atom. The first-order chi connectivity index (χ1) is 9.08. The highest BCUT2D eigenvalue weighted by atomic mass is 19.1. The van der Waals surface area contributed by atoms with E-state index in [1.807, 2.05) is 0 Å². The Balaban J connectivity index is 2.04. The Kier molecular flexibility index (Phi) is 4.12. The van der Waals surface area contributed by atoms with E-state index in [9.17, 15) is 13.9 Å². The molecule has 0 heterocycles. The van der Waals surface area contributed by atoms with E-state index in [1.165, 1.54) is 18.2 Å². The van der Waals surface area contributed by atoms with Crippen molar-refractivity contribution in [3.05, 3.63) is 65.2 Å². The molecular weight excluding hydrogens is 248 g/mol. The summed E-state index contributed by atoms with van der Waals surface area (Å²) in [5.74, 6) is -0.691. The molecule has 2 nitrogen and oxygen atoms in total. The van der Waals surface area contributed by atoms with E-state index in [0.717, 1.165) is 0 Å². The summed E-state index contributed by atoms with van der Waals surface area (Å²) in [6.07, 6.45) is -0.849. The minimum atomic E-state index is -0.849. The topological polar surface area (TPSA) is 32.3 Å². The second-order valence-corrected chi connectivity index (χ2v) is 4.36. The van der Waals surface area contributed by atoms with E-state index in [4.69, 9.17) is 0 Å². The molecule has 2 rings (SSSR count). The maximum atomic E-state index is 13.3. The highest BCUT2D eigenvalue weighted by Gasteiger charge is 2.09. The molecule has 0 spiro atoms. The van der Waals surface area contributed by atoms with Crippen LogP contribution in [0.2, 0.25) is 0 Å². The predicted molar refractivity (Wildman–Crippen MR) is 71.0 cm³/mol. The number of hydrogen-bond acceptors (Lipinski definition) is 2. The molecule has 19 heavy (non-hydrogen) atoms. The second-order valence-electron chi connectivity index (χ2n) is 4.36. The molecule has 4 heteroatoms. The maximum absolute atomic E-state index is 13.3. The smallest absolute Gasteiger partial charge is 0.128 e. The van der Waals surface area contributed by atoms with Gasteiger partial charge in [0.25, 0.3) is 0 Å². The summed E-state index contributed by atoms with van der Waals surface area (Å²) < 4.78 is 26.4. The molecule has 0 saturated heterocycles. The first-order valence-electron chi connectivity index (χ1n) is 6.00. The van der Waals surface area contributed by atoms with E-state index >= 15 is 0 Å². The summed E-state index contributed by atoms with van der Waals surface area (Å²) in [6.45, 7) is 1.85. The van der Waals surface area contributed by atoms with Crippen molar-refractivity contribution >= 4 is 5.69 Å². The third-order valence-electron chi connectivity index (χ3n) is 2.99. The van der Waals surface area contributed by atoms with Crippen LogP contribution in [0.1, 0.15) is 17.2 Å². The lowest BCUT2D eigenvalue weighted by Crippen LogP contribution is -2.13. The molecule has 0 aliphatic rings. The Bertz CT molecular complexity index is 572. The number of halogens is 2. The molecule has 2 aromatic carbocycles. The maximum Gasteiger partial charge on any atom is 0.128 e. The van der Waals surface area contributed by atoms with Gasteiger partial charge in [-0.05, 0) is 36.8 Å². The number of aliphatic hydroxyl groups is 1. The van der Waals surface area contributed by atoms with Gasteiger partial charge in [0.15, 0.2) is 0 Å². The third kappa shape index (κ3) is 3.29. The van der Waals surface area contributed by atoms with Gasteiger partial charge in [-0.25, -0.2) is 8.78 Å². The van der Waals surface area contributed by atoms with Crippen molar-refractivity contribution in [1.82, 2.24) is 0 Å². The van der Waals surface area contributed by atoms with Gasteiger partial charge >= 0.3 is 0 Å². The van der Waals surface area contributed by atoms with Gasteiger partial charge < -0.3 is 10.4 Å². The summed E-state index contributed by atoms with van der Waals surface area (Å²) >= 11 is 0. The highest BCUT2D eigenvalue weighted by Crippen LogP contribution is 2.20. The van der Waals surface area contributed by atoms with Gasteiger partial charge in [-0.1, -0.05) is 18.2 Å². The molecule has 0 fully saturated rings. The van der Waals surface area contributed by atoms with E-state index in [1.54, 1.807) is 31.2 Å². The molecule has 0 radical (unpaired) electrons. The van der Waals surface area contributed by atoms with Crippen molar-refractivity contribution in [3.63, 3.8) is 0 Å². The lowest BCUT2D eigenvalue weighted by atomic mass is 10.1. The van der Waals surface area contributed by atoms with Crippen LogP contribution in [-0.2, 0) is 0 Å². The number of nitrogens with one attached hydrogen (secondary N) is 1. The minimum Gasteiger partial charge on any atom is -0.387 e. The fourth-order valence-corrected chi connectivity index (χ4v) is 1.84. The van der Waals surface area contributed by atoms with Crippen LogP contribution >= 0.6 is 0 Å². The molecular formula is C15H15F2NO. The van der Waals surface area contributed by atoms with Gasteiger partial charge in [0.1, 0.15) is 11.6 Å². The molecule has 0 saturated carbocycles. The lowest BCUT2D eigenvalue weighted by Gasteiger charge is -2.15. The average Bonchev–Trinajstić information content (AvgIpc) is 2.40. The minimum absolute atomic E-state index is 0.188. The van der Waals surface area contributed by atoms with E-state index < -0.39 is 11.9 Å². The Labute approximate surface area is 110 Å². The highest BCUT2D eigenvalue weighted by molar-refractivity contribution is 5.51. The number of benzene rings is 2. The van der Waals surface area contributed by atoms with Gasteiger partial charge in [-0.3, -0.25) is 0 Å². The van der Waals surface area contributed by atoms with Gasteiger partial charge in [0.2, 0.25) is 0 Å². The molecule has 100 valence electrons. The first-order valence-corrected chi connectivity index (χ1v) is 6.00. The van der Waals surface area contributed by atoms with Gasteiger partial charge in [-0.15, -0.1) is 0 Å². The van der Waals surface area contributed by atoms with Crippen molar-refractivity contribution in [3.8, 4) is 0 Å². The molecule has 0 bridgehead atoms. The molecule has 1 unspecified atom stereocenters. The number of aliphatic hydroxyl groups excluding tert-OH is 1. The normalized spacial score (nSPS) is 12.2. The molecule has 1 atom stereocenters. The fourth-order valence-electron chi connectivity index (χ4n) is 1.84. The Morgan fingerprint density at radius 1 is 1.16 bits per heavy atom. The zero-order valence-electron chi connectivity index (χ0n) is 10.5. The van der Waals surface area contributed by atoms with Crippen molar-refractivity contribution in [2.45, 2.75) is 13.0 Å². The lowest BCUT2D eigenvalue weighted by molar-refractivity contribution is 0.191. The van der Waals surface area contributed by atoms with E-state index in [2.05, 4.69) is 5.32 Å². The zero-order valence-corrected chi connectivity index (χ0v) is 10.5. The largest absolute Gasteiger partial charge is 0.387 e. The van der Waals surface area contributed by atoms with Gasteiger partial charge in [-0.2, -0.15) is 0 Å². The SMILES string of the molecule is Cc1c(F)cccc1NCC(O)c1cccc(F)c1. The summed E-state index contributed by atoms with van der Waals surface area (Å²) in [5, 5.41) is 12.9. The number of anilines is 1. The van der Waals surface area contributed by atoms with Crippen LogP contribution in [-0.4, -0.2) is 11.7 Å². The molecule has 0 amide bonds. The first kappa shape index (κ1) is 13.5. The van der Waals surface area contributed by atoms with Crippen molar-refractivity contribution in [2.24, 2.45) is 0 Å². The van der Waals surface area contributed by atoms with Crippen LogP contribution in [0, 0.1) is 18.6 Å². The molecule has 2 N–H and O–H groups in total. The Hall–Kier alpha value is -1.94. The summed E-state index contributed by atoms with van der Waals surface area (Å²) in [6, 6.07) is 10.5. The standard InChI is InChI=1S/C15H15F2NO/c1-10-13(17)6-3-7-14(10)18-9-15(19)11-4-2-5-12(16)8-11/h2-8,15,18-19H,9H2,1H3. The van der Waals surface area contributed by atoms with Crippen molar-refractivity contribution in [1.29, 1.82) is 0 Å². The van der Waals surface area contributed by atoms with Crippen molar-refractivity contribution < 1.29 is 13.9 Å². The molecule has 0 aromatic heterocycles. The van der Waals surface area contributed by atoms with Crippen LogP contribution in [0.4, 0.5) is 14.5 Å². The third-order valence-corrected chi connectivity index (χ3v) is 2.99. The summed E-state index contributed by atoms with van der Waals surface area (Å²) in [7, 11) is 0. The van der Waals surface area contributed by atoms with E-state index in [0.29, 0.717) is 16.8 Å². The predicted octanol–water partition coefficient (Wildman–Crippen LogP) is 3.42. The number of hydrogen-bond donors (Lipinski definition) is 2. The molecule has 2 aromatic rings. The zero-order chi connectivity index (χ0) is 13.8. The van der Waals surface area contributed by atoms with Crippen LogP contribution in [0.15, 0.2) is 42.5 Å². The van der Waals surface area contributed by atoms with Crippen LogP contribution in [0.5, 0.6) is 0 Å². The molecule has 0 aliphatic carbocycles. The van der Waals surface area contributed by atoms with Crippen LogP contribution < -0.4 is 5.32 Å². The van der Waals surface area contributed by atoms with Crippen molar-refractivity contribution in [2.75, 3.05) is 11.9 Å². The average molecular weight is 263 g/mol. The monoisotopic (exact) mass is 263 g/mol. The van der Waals surface area contributed by atoms with E-state index in [-0.39, 0.29) is 12.4 Å². The van der Waals surface area contributed by atoms with Crippen LogP contribution in [0.3, 0.4) is 0 Å². The molecule has 0 aliphatic heterocycles. The number of rotatable bonds is 4. The van der Waals surface area contributed by atoms with Gasteiger partial charge in [0.05, 0.1) is 6.10 Å². The quantitative estimate of drug-likeness (QED) is 0.886. The summed E-state index contributed by atoms with van der Waals surface area (Å²) in [5.41, 5.74) is 1.60. The second kappa shape index (κ2) is 5.80. The summed E-state index contributed by atoms with van der Waals surface area (Å²) in [4.78, 5) is 0. The van der Waals surface area contributed by atoms with Gasteiger partial charge in [0, 0.05) is 17.8 Å².